The van der Waals surface area contributed by atoms with Crippen molar-refractivity contribution in [3.63, 3.8) is 0 Å². The number of nitrogens with zero attached hydrogens (tertiary/aromatic N) is 3. The first-order valence-corrected chi connectivity index (χ1v) is 13.0. The van der Waals surface area contributed by atoms with Crippen LogP contribution in [0.5, 0.6) is 0 Å². The molecule has 0 spiro atoms. The summed E-state index contributed by atoms with van der Waals surface area (Å²) in [6.45, 7) is 11.4. The zero-order chi connectivity index (χ0) is 24.1. The molecule has 10 heteroatoms. The van der Waals surface area contributed by atoms with Crippen molar-refractivity contribution in [2.45, 2.75) is 37.5 Å². The molecule has 9 nitrogen and oxygen atoms in total. The van der Waals surface area contributed by atoms with Crippen molar-refractivity contribution in [3.05, 3.63) is 29.8 Å². The Morgan fingerprint density at radius 2 is 1.45 bits per heavy atom. The Balaban J connectivity index is 1.40. The van der Waals surface area contributed by atoms with E-state index < -0.39 is 10.0 Å². The maximum Gasteiger partial charge on any atom is 0.240 e. The van der Waals surface area contributed by atoms with E-state index in [0.29, 0.717) is 45.9 Å². The fourth-order valence-electron chi connectivity index (χ4n) is 3.92. The molecule has 0 saturated carbocycles. The van der Waals surface area contributed by atoms with E-state index in [1.165, 1.54) is 0 Å². The first-order valence-electron chi connectivity index (χ1n) is 11.5. The number of carbonyl (C=O) groups excluding carboxylic acids is 2. The van der Waals surface area contributed by atoms with Crippen LogP contribution in [0.3, 0.4) is 0 Å². The van der Waals surface area contributed by atoms with Crippen LogP contribution < -0.4 is 4.72 Å². The molecule has 1 aromatic carbocycles. The Morgan fingerprint density at radius 1 is 0.909 bits per heavy atom. The maximum atomic E-state index is 12.5. The molecule has 0 aliphatic carbocycles. The summed E-state index contributed by atoms with van der Waals surface area (Å²) in [5, 5.41) is 0. The molecule has 2 amide bonds. The lowest BCUT2D eigenvalue weighted by Crippen LogP contribution is -2.53. The Labute approximate surface area is 197 Å². The van der Waals surface area contributed by atoms with Crippen LogP contribution in [-0.4, -0.2) is 101 Å². The molecule has 33 heavy (non-hydrogen) atoms. The van der Waals surface area contributed by atoms with Crippen LogP contribution in [0.2, 0.25) is 0 Å². The molecule has 2 aliphatic heterocycles. The van der Waals surface area contributed by atoms with Gasteiger partial charge in [0.1, 0.15) is 0 Å². The molecule has 3 rings (SSSR count). The second kappa shape index (κ2) is 10.9. The third-order valence-corrected chi connectivity index (χ3v) is 7.59. The van der Waals surface area contributed by atoms with Gasteiger partial charge in [0.25, 0.3) is 0 Å². The van der Waals surface area contributed by atoms with Gasteiger partial charge in [-0.05, 0) is 23.1 Å². The number of piperazine rings is 1. The maximum absolute atomic E-state index is 12.5. The number of amides is 2. The van der Waals surface area contributed by atoms with Crippen molar-refractivity contribution in [2.75, 3.05) is 65.6 Å². The zero-order valence-electron chi connectivity index (χ0n) is 19.9. The lowest BCUT2D eigenvalue weighted by Gasteiger charge is -2.36. The number of hydrogen-bond donors (Lipinski definition) is 1. The van der Waals surface area contributed by atoms with Crippen LogP contribution in [0.1, 0.15) is 32.8 Å². The van der Waals surface area contributed by atoms with Gasteiger partial charge in [-0.2, -0.15) is 0 Å². The summed E-state index contributed by atoms with van der Waals surface area (Å²) < 4.78 is 32.9. The molecule has 2 saturated heterocycles. The highest BCUT2D eigenvalue weighted by atomic mass is 32.2. The lowest BCUT2D eigenvalue weighted by atomic mass is 9.87. The molecular formula is C23H36N4O5S. The van der Waals surface area contributed by atoms with Crippen molar-refractivity contribution >= 4 is 21.8 Å². The zero-order valence-corrected chi connectivity index (χ0v) is 20.7. The summed E-state index contributed by atoms with van der Waals surface area (Å²) in [6.07, 6.45) is 0.0844. The number of morpholine rings is 1. The van der Waals surface area contributed by atoms with Crippen molar-refractivity contribution in [2.24, 2.45) is 0 Å². The Hall–Kier alpha value is -2.01. The highest BCUT2D eigenvalue weighted by molar-refractivity contribution is 7.89. The second-order valence-electron chi connectivity index (χ2n) is 9.57. The predicted octanol–water partition coefficient (Wildman–Crippen LogP) is 0.656. The van der Waals surface area contributed by atoms with E-state index in [4.69, 9.17) is 4.74 Å². The standard InChI is InChI=1S/C23H36N4O5S/c1-23(2,3)19-4-6-20(7-5-19)33(30,31)24-9-8-21(28)26-10-12-27(13-11-26)22(29)18-25-14-16-32-17-15-25/h4-7,24H,8-18H2,1-3H3. The predicted molar refractivity (Wildman–Crippen MR) is 125 cm³/mol. The van der Waals surface area contributed by atoms with Crippen molar-refractivity contribution in [1.82, 2.24) is 19.4 Å². The fourth-order valence-corrected chi connectivity index (χ4v) is 4.96. The Morgan fingerprint density at radius 3 is 2.00 bits per heavy atom. The van der Waals surface area contributed by atoms with E-state index in [-0.39, 0.29) is 35.1 Å². The minimum Gasteiger partial charge on any atom is -0.379 e. The number of nitrogens with one attached hydrogen (secondary N) is 1. The van der Waals surface area contributed by atoms with E-state index in [1.807, 2.05) is 12.1 Å². The highest BCUT2D eigenvalue weighted by Gasteiger charge is 2.26. The quantitative estimate of drug-likeness (QED) is 0.616. The number of hydrogen-bond acceptors (Lipinski definition) is 6. The molecule has 0 atom stereocenters. The number of benzene rings is 1. The number of rotatable bonds is 7. The molecule has 1 N–H and O–H groups in total. The minimum atomic E-state index is -3.67. The average molecular weight is 481 g/mol. The van der Waals surface area contributed by atoms with Gasteiger partial charge in [-0.1, -0.05) is 32.9 Å². The molecule has 0 unspecified atom stereocenters. The summed E-state index contributed by atoms with van der Waals surface area (Å²) in [4.78, 5) is 30.8. The van der Waals surface area contributed by atoms with Crippen LogP contribution >= 0.6 is 0 Å². The fraction of sp³-hybridized carbons (Fsp3) is 0.652. The molecule has 2 heterocycles. The Kier molecular flexibility index (Phi) is 8.49. The summed E-state index contributed by atoms with van der Waals surface area (Å²) in [5.74, 6) is -0.0321. The molecular weight excluding hydrogens is 444 g/mol. The first kappa shape index (κ1) is 25.6. The summed E-state index contributed by atoms with van der Waals surface area (Å²) in [5.41, 5.74) is 0.999. The molecule has 0 bridgehead atoms. The van der Waals surface area contributed by atoms with Gasteiger partial charge in [-0.3, -0.25) is 14.5 Å². The molecule has 0 radical (unpaired) electrons. The molecule has 184 valence electrons. The number of carbonyl (C=O) groups is 2. The van der Waals surface area contributed by atoms with Crippen molar-refractivity contribution in [3.8, 4) is 0 Å². The SMILES string of the molecule is CC(C)(C)c1ccc(S(=O)(=O)NCCC(=O)N2CCN(C(=O)CN3CCOCC3)CC2)cc1. The van der Waals surface area contributed by atoms with Gasteiger partial charge >= 0.3 is 0 Å². The van der Waals surface area contributed by atoms with E-state index in [0.717, 1.165) is 18.7 Å². The van der Waals surface area contributed by atoms with Gasteiger partial charge in [0.05, 0.1) is 24.7 Å². The van der Waals surface area contributed by atoms with E-state index in [9.17, 15) is 18.0 Å². The van der Waals surface area contributed by atoms with Gasteiger partial charge in [-0.15, -0.1) is 0 Å². The third kappa shape index (κ3) is 7.23. The normalized spacial score (nSPS) is 18.4. The lowest BCUT2D eigenvalue weighted by molar-refractivity contribution is -0.140. The van der Waals surface area contributed by atoms with Gasteiger partial charge in [-0.25, -0.2) is 13.1 Å². The Bertz CT molecular complexity index is 913. The minimum absolute atomic E-state index is 0.0400. The van der Waals surface area contributed by atoms with Gasteiger partial charge in [0.15, 0.2) is 0 Å². The topological polar surface area (TPSA) is 99.3 Å². The summed E-state index contributed by atoms with van der Waals surface area (Å²) in [7, 11) is -3.67. The molecule has 1 aromatic rings. The third-order valence-electron chi connectivity index (χ3n) is 6.11. The monoisotopic (exact) mass is 480 g/mol. The van der Waals surface area contributed by atoms with Crippen LogP contribution in [0.4, 0.5) is 0 Å². The summed E-state index contributed by atoms with van der Waals surface area (Å²) >= 11 is 0. The second-order valence-corrected chi connectivity index (χ2v) is 11.3. The number of ether oxygens (including phenoxy) is 1. The van der Waals surface area contributed by atoms with Crippen LogP contribution in [-0.2, 0) is 29.8 Å². The molecule has 2 aliphatic rings. The molecule has 2 fully saturated rings. The largest absolute Gasteiger partial charge is 0.379 e. The van der Waals surface area contributed by atoms with Gasteiger partial charge in [0, 0.05) is 52.2 Å². The van der Waals surface area contributed by atoms with E-state index in [2.05, 4.69) is 30.4 Å². The number of sulfonamides is 1. The van der Waals surface area contributed by atoms with Gasteiger partial charge < -0.3 is 14.5 Å². The van der Waals surface area contributed by atoms with Crippen LogP contribution in [0.25, 0.3) is 0 Å². The van der Waals surface area contributed by atoms with Crippen LogP contribution in [0, 0.1) is 0 Å². The first-order chi connectivity index (χ1) is 15.6. The average Bonchev–Trinajstić information content (AvgIpc) is 2.79. The van der Waals surface area contributed by atoms with Crippen LogP contribution in [0.15, 0.2) is 29.2 Å². The highest BCUT2D eigenvalue weighted by Crippen LogP contribution is 2.23. The van der Waals surface area contributed by atoms with Gasteiger partial charge in [0.2, 0.25) is 21.8 Å². The van der Waals surface area contributed by atoms with E-state index >= 15 is 0 Å². The summed E-state index contributed by atoms with van der Waals surface area (Å²) in [6, 6.07) is 6.83. The smallest absolute Gasteiger partial charge is 0.240 e. The van der Waals surface area contributed by atoms with E-state index in [1.54, 1.807) is 21.9 Å². The molecule has 0 aromatic heterocycles. The van der Waals surface area contributed by atoms with Crippen molar-refractivity contribution in [1.29, 1.82) is 0 Å². The van der Waals surface area contributed by atoms with Crippen molar-refractivity contribution < 1.29 is 22.7 Å².